The van der Waals surface area contributed by atoms with Gasteiger partial charge in [0.25, 0.3) is 0 Å². The lowest BCUT2D eigenvalue weighted by molar-refractivity contribution is 1.16. The molecule has 0 bridgehead atoms. The van der Waals surface area contributed by atoms with Gasteiger partial charge in [-0.2, -0.15) is 0 Å². The average molecular weight is 254 g/mol. The van der Waals surface area contributed by atoms with Gasteiger partial charge in [-0.3, -0.25) is 0 Å². The molecule has 0 aliphatic rings. The fraction of sp³-hybridized carbons (Fsp3) is 0.294. The third-order valence-electron chi connectivity index (χ3n) is 3.70. The predicted octanol–water partition coefficient (Wildman–Crippen LogP) is 4.42. The molecule has 19 heavy (non-hydrogen) atoms. The second-order valence-electron chi connectivity index (χ2n) is 5.08. The molecule has 2 aromatic rings. The summed E-state index contributed by atoms with van der Waals surface area (Å²) in [6.45, 7) is 6.49. The van der Waals surface area contributed by atoms with Crippen molar-refractivity contribution >= 4 is 17.1 Å². The van der Waals surface area contributed by atoms with Crippen LogP contribution < -0.4 is 10.2 Å². The molecule has 2 nitrogen and oxygen atoms in total. The standard InChI is InChI=1S/C17H22N2/c1-12-9-14(3)17(10-13(12)2)19(5)16-8-6-7-15(11-16)18-4/h6-11,18H,1-5H3. The molecule has 0 heterocycles. The van der Waals surface area contributed by atoms with Crippen molar-refractivity contribution in [3.05, 3.63) is 53.1 Å². The van der Waals surface area contributed by atoms with E-state index in [1.54, 1.807) is 0 Å². The molecule has 0 unspecified atom stereocenters. The van der Waals surface area contributed by atoms with E-state index in [2.05, 4.69) is 74.4 Å². The van der Waals surface area contributed by atoms with Crippen molar-refractivity contribution in [3.63, 3.8) is 0 Å². The van der Waals surface area contributed by atoms with Crippen LogP contribution in [0.4, 0.5) is 17.1 Å². The number of nitrogens with zero attached hydrogens (tertiary/aromatic N) is 1. The second-order valence-corrected chi connectivity index (χ2v) is 5.08. The molecule has 1 N–H and O–H groups in total. The van der Waals surface area contributed by atoms with E-state index in [0.717, 1.165) is 5.69 Å². The zero-order chi connectivity index (χ0) is 14.0. The number of hydrogen-bond acceptors (Lipinski definition) is 2. The van der Waals surface area contributed by atoms with Crippen LogP contribution in [0.5, 0.6) is 0 Å². The highest BCUT2D eigenvalue weighted by Gasteiger charge is 2.09. The lowest BCUT2D eigenvalue weighted by Crippen LogP contribution is -2.11. The molecule has 0 fully saturated rings. The van der Waals surface area contributed by atoms with Crippen LogP contribution in [0, 0.1) is 20.8 Å². The van der Waals surface area contributed by atoms with Crippen LogP contribution >= 0.6 is 0 Å². The maximum absolute atomic E-state index is 3.18. The van der Waals surface area contributed by atoms with Crippen molar-refractivity contribution in [2.45, 2.75) is 20.8 Å². The number of nitrogens with one attached hydrogen (secondary N) is 1. The van der Waals surface area contributed by atoms with Gasteiger partial charge in [-0.15, -0.1) is 0 Å². The highest BCUT2D eigenvalue weighted by molar-refractivity contribution is 5.69. The van der Waals surface area contributed by atoms with E-state index in [1.807, 2.05) is 7.05 Å². The zero-order valence-corrected chi connectivity index (χ0v) is 12.4. The first-order valence-electron chi connectivity index (χ1n) is 6.62. The van der Waals surface area contributed by atoms with E-state index in [-0.39, 0.29) is 0 Å². The second kappa shape index (κ2) is 5.35. The number of rotatable bonds is 3. The Morgan fingerprint density at radius 1 is 0.895 bits per heavy atom. The molecule has 0 atom stereocenters. The highest BCUT2D eigenvalue weighted by atomic mass is 15.1. The Kier molecular flexibility index (Phi) is 3.79. The maximum Gasteiger partial charge on any atom is 0.0440 e. The summed E-state index contributed by atoms with van der Waals surface area (Å²) < 4.78 is 0. The van der Waals surface area contributed by atoms with E-state index < -0.39 is 0 Å². The normalized spacial score (nSPS) is 10.4. The summed E-state index contributed by atoms with van der Waals surface area (Å²) in [6.07, 6.45) is 0. The van der Waals surface area contributed by atoms with Crippen LogP contribution in [0.25, 0.3) is 0 Å². The summed E-state index contributed by atoms with van der Waals surface area (Å²) in [5.41, 5.74) is 7.57. The molecule has 0 spiro atoms. The zero-order valence-electron chi connectivity index (χ0n) is 12.4. The Hall–Kier alpha value is -1.96. The van der Waals surface area contributed by atoms with Gasteiger partial charge in [-0.25, -0.2) is 0 Å². The Balaban J connectivity index is 2.43. The third kappa shape index (κ3) is 2.73. The van der Waals surface area contributed by atoms with Crippen LogP contribution in [0.3, 0.4) is 0 Å². The summed E-state index contributed by atoms with van der Waals surface area (Å²) in [7, 11) is 4.06. The first-order valence-corrected chi connectivity index (χ1v) is 6.62. The quantitative estimate of drug-likeness (QED) is 0.872. The topological polar surface area (TPSA) is 15.3 Å². The fourth-order valence-electron chi connectivity index (χ4n) is 2.32. The molecule has 0 saturated carbocycles. The summed E-state index contributed by atoms with van der Waals surface area (Å²) in [4.78, 5) is 2.24. The molecule has 2 aromatic carbocycles. The van der Waals surface area contributed by atoms with Crippen molar-refractivity contribution in [2.24, 2.45) is 0 Å². The Bertz CT molecular complexity index is 588. The monoisotopic (exact) mass is 254 g/mol. The smallest absolute Gasteiger partial charge is 0.0440 e. The molecule has 0 aliphatic carbocycles. The Morgan fingerprint density at radius 2 is 1.58 bits per heavy atom. The van der Waals surface area contributed by atoms with E-state index >= 15 is 0 Å². The van der Waals surface area contributed by atoms with Crippen molar-refractivity contribution < 1.29 is 0 Å². The van der Waals surface area contributed by atoms with Gasteiger partial charge in [0.1, 0.15) is 0 Å². The average Bonchev–Trinajstić information content (AvgIpc) is 2.42. The summed E-state index contributed by atoms with van der Waals surface area (Å²) in [5, 5.41) is 3.18. The molecule has 100 valence electrons. The van der Waals surface area contributed by atoms with Gasteiger partial charge in [0.2, 0.25) is 0 Å². The Labute approximate surface area is 116 Å². The van der Waals surface area contributed by atoms with E-state index in [4.69, 9.17) is 0 Å². The van der Waals surface area contributed by atoms with Gasteiger partial charge in [-0.05, 0) is 61.7 Å². The number of anilines is 3. The largest absolute Gasteiger partial charge is 0.388 e. The van der Waals surface area contributed by atoms with Crippen molar-refractivity contribution in [3.8, 4) is 0 Å². The van der Waals surface area contributed by atoms with Gasteiger partial charge in [-0.1, -0.05) is 12.1 Å². The molecule has 0 aromatic heterocycles. The summed E-state index contributed by atoms with van der Waals surface area (Å²) in [6, 6.07) is 13.0. The van der Waals surface area contributed by atoms with Crippen LogP contribution in [-0.2, 0) is 0 Å². The van der Waals surface area contributed by atoms with Crippen molar-refractivity contribution in [1.29, 1.82) is 0 Å². The molecule has 0 amide bonds. The van der Waals surface area contributed by atoms with Crippen LogP contribution in [-0.4, -0.2) is 14.1 Å². The van der Waals surface area contributed by atoms with E-state index in [1.165, 1.54) is 28.1 Å². The lowest BCUT2D eigenvalue weighted by Gasteiger charge is -2.23. The van der Waals surface area contributed by atoms with Gasteiger partial charge < -0.3 is 10.2 Å². The fourth-order valence-corrected chi connectivity index (χ4v) is 2.32. The summed E-state index contributed by atoms with van der Waals surface area (Å²) in [5.74, 6) is 0. The maximum atomic E-state index is 3.18. The molecule has 2 rings (SSSR count). The van der Waals surface area contributed by atoms with Gasteiger partial charge in [0.05, 0.1) is 0 Å². The Morgan fingerprint density at radius 3 is 2.26 bits per heavy atom. The molecular weight excluding hydrogens is 232 g/mol. The highest BCUT2D eigenvalue weighted by Crippen LogP contribution is 2.30. The molecular formula is C17H22N2. The van der Waals surface area contributed by atoms with Crippen molar-refractivity contribution in [1.82, 2.24) is 0 Å². The van der Waals surface area contributed by atoms with Crippen LogP contribution in [0.1, 0.15) is 16.7 Å². The SMILES string of the molecule is CNc1cccc(N(C)c2cc(C)c(C)cc2C)c1. The van der Waals surface area contributed by atoms with Crippen LogP contribution in [0.2, 0.25) is 0 Å². The molecule has 0 aliphatic heterocycles. The number of aryl methyl sites for hydroxylation is 3. The minimum Gasteiger partial charge on any atom is -0.388 e. The predicted molar refractivity (Wildman–Crippen MR) is 84.7 cm³/mol. The molecule has 2 heteroatoms. The van der Waals surface area contributed by atoms with Gasteiger partial charge in [0, 0.05) is 31.2 Å². The number of hydrogen-bond donors (Lipinski definition) is 1. The molecule has 0 saturated heterocycles. The van der Waals surface area contributed by atoms with Crippen LogP contribution in [0.15, 0.2) is 36.4 Å². The molecule has 0 radical (unpaired) electrons. The van der Waals surface area contributed by atoms with E-state index in [9.17, 15) is 0 Å². The lowest BCUT2D eigenvalue weighted by atomic mass is 10.0. The first-order chi connectivity index (χ1) is 9.02. The summed E-state index contributed by atoms with van der Waals surface area (Å²) >= 11 is 0. The number of benzene rings is 2. The van der Waals surface area contributed by atoms with Gasteiger partial charge in [0.15, 0.2) is 0 Å². The minimum atomic E-state index is 1.13. The first kappa shape index (κ1) is 13.5. The minimum absolute atomic E-state index is 1.13. The van der Waals surface area contributed by atoms with Crippen molar-refractivity contribution in [2.75, 3.05) is 24.3 Å². The van der Waals surface area contributed by atoms with E-state index in [0.29, 0.717) is 0 Å². The van der Waals surface area contributed by atoms with Gasteiger partial charge >= 0.3 is 0 Å². The third-order valence-corrected chi connectivity index (χ3v) is 3.70.